The van der Waals surface area contributed by atoms with Gasteiger partial charge in [-0.05, 0) is 92.7 Å². The first kappa shape index (κ1) is 31.6. The van der Waals surface area contributed by atoms with Crippen LogP contribution in [-0.4, -0.2) is 77.3 Å². The van der Waals surface area contributed by atoms with Crippen molar-refractivity contribution in [2.24, 2.45) is 5.41 Å². The second-order valence-electron chi connectivity index (χ2n) is 11.7. The normalized spacial score (nSPS) is 15.7. The van der Waals surface area contributed by atoms with E-state index in [0.29, 0.717) is 54.0 Å². The lowest BCUT2D eigenvalue weighted by Crippen LogP contribution is -2.47. The van der Waals surface area contributed by atoms with Gasteiger partial charge in [0.05, 0.1) is 6.54 Å². The second kappa shape index (κ2) is 13.9. The Bertz CT molecular complexity index is 1720. The molecule has 1 aliphatic carbocycles. The Morgan fingerprint density at radius 3 is 1.94 bits per heavy atom. The fourth-order valence-electron chi connectivity index (χ4n) is 5.08. The lowest BCUT2D eigenvalue weighted by molar-refractivity contribution is -0.131. The SMILES string of the molecule is CN1CCN(CC(=O)Nc2ccc(Nc3nccc(Oc4ccc(NC(=O)C5(C(=O)Nc6ccc(F)cc6)CC5)cc4)n3)cc2)CC1. The molecule has 4 aromatic rings. The lowest BCUT2D eigenvalue weighted by atomic mass is 10.0. The number of halogens is 1. The van der Waals surface area contributed by atoms with Crippen molar-refractivity contribution in [2.75, 3.05) is 61.0 Å². The number of rotatable bonds is 11. The molecule has 0 unspecified atom stereocenters. The molecular formula is C34H35FN8O4. The van der Waals surface area contributed by atoms with Gasteiger partial charge in [0.2, 0.25) is 29.5 Å². The summed E-state index contributed by atoms with van der Waals surface area (Å²) in [6.07, 6.45) is 2.42. The van der Waals surface area contributed by atoms with Gasteiger partial charge < -0.3 is 30.9 Å². The van der Waals surface area contributed by atoms with Crippen molar-refractivity contribution in [2.45, 2.75) is 12.8 Å². The van der Waals surface area contributed by atoms with Crippen molar-refractivity contribution >= 4 is 46.4 Å². The maximum atomic E-state index is 13.2. The minimum absolute atomic E-state index is 0.0448. The Hall–Kier alpha value is -5.40. The van der Waals surface area contributed by atoms with Crippen LogP contribution in [0.3, 0.4) is 0 Å². The number of benzene rings is 3. The number of carbonyl (C=O) groups excluding carboxylic acids is 3. The highest BCUT2D eigenvalue weighted by atomic mass is 19.1. The maximum Gasteiger partial charge on any atom is 0.240 e. The van der Waals surface area contributed by atoms with E-state index in [4.69, 9.17) is 4.74 Å². The molecule has 2 aliphatic rings. The summed E-state index contributed by atoms with van der Waals surface area (Å²) in [5.74, 6) is -0.162. The Morgan fingerprint density at radius 2 is 1.32 bits per heavy atom. The molecule has 0 spiro atoms. The van der Waals surface area contributed by atoms with E-state index in [1.165, 1.54) is 24.3 Å². The fourth-order valence-corrected chi connectivity index (χ4v) is 5.08. The van der Waals surface area contributed by atoms with Crippen LogP contribution in [-0.2, 0) is 14.4 Å². The van der Waals surface area contributed by atoms with Crippen LogP contribution >= 0.6 is 0 Å². The third kappa shape index (κ3) is 8.26. The first-order chi connectivity index (χ1) is 22.7. The van der Waals surface area contributed by atoms with Crippen LogP contribution in [0.1, 0.15) is 12.8 Å². The predicted octanol–water partition coefficient (Wildman–Crippen LogP) is 4.69. The van der Waals surface area contributed by atoms with Crippen LogP contribution in [0.15, 0.2) is 85.1 Å². The van der Waals surface area contributed by atoms with Crippen LogP contribution in [0.5, 0.6) is 11.6 Å². The van der Waals surface area contributed by atoms with Crippen molar-refractivity contribution < 1.29 is 23.5 Å². The number of anilines is 5. The molecule has 1 saturated heterocycles. The molecule has 4 N–H and O–H groups in total. The average molecular weight is 639 g/mol. The Balaban J connectivity index is 0.985. The van der Waals surface area contributed by atoms with E-state index in [1.54, 1.807) is 36.5 Å². The Morgan fingerprint density at radius 1 is 0.766 bits per heavy atom. The predicted molar refractivity (Wildman–Crippen MR) is 176 cm³/mol. The number of nitrogens with zero attached hydrogens (tertiary/aromatic N) is 4. The van der Waals surface area contributed by atoms with E-state index in [0.717, 1.165) is 31.9 Å². The van der Waals surface area contributed by atoms with Gasteiger partial charge in [0.25, 0.3) is 0 Å². The fraction of sp³-hybridized carbons (Fsp3) is 0.265. The smallest absolute Gasteiger partial charge is 0.240 e. The molecule has 6 rings (SSSR count). The molecule has 13 heteroatoms. The van der Waals surface area contributed by atoms with Crippen LogP contribution in [0, 0.1) is 11.2 Å². The molecule has 0 radical (unpaired) electrons. The molecule has 0 atom stereocenters. The molecule has 3 aromatic carbocycles. The number of ether oxygens (including phenoxy) is 1. The molecule has 47 heavy (non-hydrogen) atoms. The molecule has 2 fully saturated rings. The number of aromatic nitrogens is 2. The number of piperazine rings is 1. The van der Waals surface area contributed by atoms with E-state index in [-0.39, 0.29) is 5.91 Å². The molecule has 12 nitrogen and oxygen atoms in total. The zero-order valence-corrected chi connectivity index (χ0v) is 25.8. The summed E-state index contributed by atoms with van der Waals surface area (Å²) >= 11 is 0. The molecule has 1 aromatic heterocycles. The zero-order chi connectivity index (χ0) is 32.8. The van der Waals surface area contributed by atoms with Crippen molar-refractivity contribution in [1.29, 1.82) is 0 Å². The monoisotopic (exact) mass is 638 g/mol. The maximum absolute atomic E-state index is 13.2. The minimum atomic E-state index is -1.16. The second-order valence-corrected chi connectivity index (χ2v) is 11.7. The van der Waals surface area contributed by atoms with Gasteiger partial charge in [-0.1, -0.05) is 0 Å². The van der Waals surface area contributed by atoms with Gasteiger partial charge in [-0.25, -0.2) is 9.37 Å². The highest BCUT2D eigenvalue weighted by Gasteiger charge is 2.56. The summed E-state index contributed by atoms with van der Waals surface area (Å²) in [5.41, 5.74) is 1.21. The third-order valence-corrected chi connectivity index (χ3v) is 8.07. The number of hydrogen-bond acceptors (Lipinski definition) is 9. The van der Waals surface area contributed by atoms with Crippen LogP contribution in [0.2, 0.25) is 0 Å². The summed E-state index contributed by atoms with van der Waals surface area (Å²) in [6, 6.07) is 21.0. The number of carbonyl (C=O) groups is 3. The number of amides is 3. The van der Waals surface area contributed by atoms with Gasteiger partial charge in [-0.2, -0.15) is 4.98 Å². The van der Waals surface area contributed by atoms with Gasteiger partial charge in [-0.15, -0.1) is 0 Å². The molecule has 1 saturated carbocycles. The summed E-state index contributed by atoms with van der Waals surface area (Å²) < 4.78 is 19.1. The van der Waals surface area contributed by atoms with Crippen LogP contribution in [0.25, 0.3) is 0 Å². The molecule has 3 amide bonds. The van der Waals surface area contributed by atoms with Gasteiger partial charge in [-0.3, -0.25) is 19.3 Å². The summed E-state index contributed by atoms with van der Waals surface area (Å²) in [4.78, 5) is 51.3. The topological polar surface area (TPSA) is 141 Å². The first-order valence-electron chi connectivity index (χ1n) is 15.3. The molecular weight excluding hydrogens is 603 g/mol. The van der Waals surface area contributed by atoms with E-state index in [2.05, 4.69) is 48.1 Å². The van der Waals surface area contributed by atoms with E-state index in [1.807, 2.05) is 24.3 Å². The average Bonchev–Trinajstić information content (AvgIpc) is 3.88. The Kier molecular flexibility index (Phi) is 9.36. The summed E-state index contributed by atoms with van der Waals surface area (Å²) in [7, 11) is 2.08. The van der Waals surface area contributed by atoms with Crippen molar-refractivity contribution in [1.82, 2.24) is 19.8 Å². The van der Waals surface area contributed by atoms with Gasteiger partial charge in [0, 0.05) is 61.2 Å². The minimum Gasteiger partial charge on any atom is -0.439 e. The number of likely N-dealkylation sites (N-methyl/N-ethyl adjacent to an activating group) is 1. The van der Waals surface area contributed by atoms with Gasteiger partial charge >= 0.3 is 0 Å². The highest BCUT2D eigenvalue weighted by Crippen LogP contribution is 2.47. The number of nitrogens with one attached hydrogen (secondary N) is 4. The first-order valence-corrected chi connectivity index (χ1v) is 15.3. The molecule has 1 aliphatic heterocycles. The quantitative estimate of drug-likeness (QED) is 0.172. The highest BCUT2D eigenvalue weighted by molar-refractivity contribution is 6.16. The van der Waals surface area contributed by atoms with Crippen molar-refractivity contribution in [3.63, 3.8) is 0 Å². The number of hydrogen-bond donors (Lipinski definition) is 4. The van der Waals surface area contributed by atoms with Crippen molar-refractivity contribution in [3.05, 3.63) is 90.9 Å². The van der Waals surface area contributed by atoms with E-state index in [9.17, 15) is 18.8 Å². The van der Waals surface area contributed by atoms with Crippen LogP contribution in [0.4, 0.5) is 33.1 Å². The largest absolute Gasteiger partial charge is 0.439 e. The zero-order valence-electron chi connectivity index (χ0n) is 25.8. The van der Waals surface area contributed by atoms with Gasteiger partial charge in [0.15, 0.2) is 0 Å². The lowest BCUT2D eigenvalue weighted by Gasteiger charge is -2.31. The molecule has 242 valence electrons. The summed E-state index contributed by atoms with van der Waals surface area (Å²) in [5, 5.41) is 11.6. The van der Waals surface area contributed by atoms with Crippen molar-refractivity contribution in [3.8, 4) is 11.6 Å². The van der Waals surface area contributed by atoms with Crippen LogP contribution < -0.4 is 26.0 Å². The Labute approximate surface area is 271 Å². The summed E-state index contributed by atoms with van der Waals surface area (Å²) in [6.45, 7) is 4.04. The van der Waals surface area contributed by atoms with E-state index < -0.39 is 23.0 Å². The molecule has 2 heterocycles. The third-order valence-electron chi connectivity index (χ3n) is 8.07. The molecule has 0 bridgehead atoms. The standard InChI is InChI=1S/C34H35FN8O4/c1-42-18-20-43(21-19-42)22-29(44)37-24-6-8-27(9-7-24)40-33-36-17-14-30(41-33)47-28-12-10-26(11-13-28)39-32(46)34(15-16-34)31(45)38-25-4-2-23(35)3-5-25/h2-14,17H,15-16,18-22H2,1H3,(H,37,44)(H,38,45)(H,39,46)(H,36,40,41). The van der Waals surface area contributed by atoms with Gasteiger partial charge in [0.1, 0.15) is 17.0 Å². The van der Waals surface area contributed by atoms with E-state index >= 15 is 0 Å².